The van der Waals surface area contributed by atoms with Gasteiger partial charge >= 0.3 is 0 Å². The molecule has 0 aliphatic heterocycles. The van der Waals surface area contributed by atoms with Gasteiger partial charge in [0.25, 0.3) is 6.01 Å². The van der Waals surface area contributed by atoms with Crippen LogP contribution >= 0.6 is 15.9 Å². The lowest BCUT2D eigenvalue weighted by atomic mass is 10.2. The molecule has 1 N–H and O–H groups in total. The van der Waals surface area contributed by atoms with Crippen molar-refractivity contribution in [1.82, 2.24) is 4.98 Å². The van der Waals surface area contributed by atoms with Crippen LogP contribution in [-0.2, 0) is 0 Å². The molecule has 1 heterocycles. The Hall–Kier alpha value is -2.32. The Morgan fingerprint density at radius 3 is 2.68 bits per heavy atom. The molecule has 0 radical (unpaired) electrons. The minimum Gasteiger partial charge on any atom is -0.423 e. The van der Waals surface area contributed by atoms with Crippen molar-refractivity contribution in [3.8, 4) is 6.07 Å². The number of hydrogen-bond acceptors (Lipinski definition) is 4. The molecule has 0 saturated carbocycles. The van der Waals surface area contributed by atoms with E-state index >= 15 is 0 Å². The standard InChI is InChI=1S/C14H8BrN3O/c15-10-2-4-11(5-3-10)17-14-18-12-7-9(8-16)1-6-13(12)19-14/h1-7H,(H,17,18). The van der Waals surface area contributed by atoms with E-state index < -0.39 is 0 Å². The fraction of sp³-hybridized carbons (Fsp3) is 0. The molecular weight excluding hydrogens is 306 g/mol. The molecule has 0 aliphatic carbocycles. The lowest BCUT2D eigenvalue weighted by Crippen LogP contribution is -1.89. The van der Waals surface area contributed by atoms with Gasteiger partial charge in [-0.15, -0.1) is 0 Å². The van der Waals surface area contributed by atoms with Gasteiger partial charge in [0, 0.05) is 10.2 Å². The maximum Gasteiger partial charge on any atom is 0.300 e. The molecule has 0 bridgehead atoms. The number of fused-ring (bicyclic) bond motifs is 1. The number of aromatic nitrogens is 1. The van der Waals surface area contributed by atoms with E-state index in [2.05, 4.69) is 32.3 Å². The first kappa shape index (κ1) is 11.8. The molecule has 5 heteroatoms. The Morgan fingerprint density at radius 1 is 1.16 bits per heavy atom. The minimum atomic E-state index is 0.410. The van der Waals surface area contributed by atoms with E-state index in [9.17, 15) is 0 Å². The van der Waals surface area contributed by atoms with Crippen LogP contribution in [0.5, 0.6) is 0 Å². The molecule has 0 unspecified atom stereocenters. The molecule has 1 aromatic heterocycles. The first-order valence-electron chi connectivity index (χ1n) is 5.58. The molecule has 3 rings (SSSR count). The monoisotopic (exact) mass is 313 g/mol. The van der Waals surface area contributed by atoms with Gasteiger partial charge in [-0.25, -0.2) is 0 Å². The van der Waals surface area contributed by atoms with Crippen LogP contribution in [0.3, 0.4) is 0 Å². The average molecular weight is 314 g/mol. The number of benzene rings is 2. The van der Waals surface area contributed by atoms with Crippen molar-refractivity contribution in [2.45, 2.75) is 0 Å². The fourth-order valence-corrected chi connectivity index (χ4v) is 1.97. The Kier molecular flexibility index (Phi) is 2.94. The zero-order valence-electron chi connectivity index (χ0n) is 9.72. The van der Waals surface area contributed by atoms with Crippen molar-refractivity contribution in [2.24, 2.45) is 0 Å². The topological polar surface area (TPSA) is 61.9 Å². The summed E-state index contributed by atoms with van der Waals surface area (Å²) in [6.45, 7) is 0. The smallest absolute Gasteiger partial charge is 0.300 e. The first-order chi connectivity index (χ1) is 9.24. The molecule has 0 amide bonds. The highest BCUT2D eigenvalue weighted by Gasteiger charge is 2.06. The summed E-state index contributed by atoms with van der Waals surface area (Å²) < 4.78 is 6.57. The third kappa shape index (κ3) is 2.44. The van der Waals surface area contributed by atoms with Crippen molar-refractivity contribution in [3.05, 3.63) is 52.5 Å². The Bertz CT molecular complexity index is 771. The van der Waals surface area contributed by atoms with Crippen LogP contribution in [0, 0.1) is 11.3 Å². The lowest BCUT2D eigenvalue weighted by molar-refractivity contribution is 0.623. The normalized spacial score (nSPS) is 10.3. The molecule has 0 aliphatic rings. The van der Waals surface area contributed by atoms with Gasteiger partial charge in [-0.05, 0) is 42.5 Å². The highest BCUT2D eigenvalue weighted by molar-refractivity contribution is 9.10. The summed E-state index contributed by atoms with van der Waals surface area (Å²) in [7, 11) is 0. The second kappa shape index (κ2) is 4.75. The maximum absolute atomic E-state index is 8.84. The number of nitrogens with zero attached hydrogens (tertiary/aromatic N) is 2. The molecule has 2 aromatic carbocycles. The van der Waals surface area contributed by atoms with Gasteiger partial charge in [-0.2, -0.15) is 10.2 Å². The summed E-state index contributed by atoms with van der Waals surface area (Å²) in [5, 5.41) is 11.9. The predicted molar refractivity (Wildman–Crippen MR) is 76.1 cm³/mol. The quantitative estimate of drug-likeness (QED) is 0.770. The average Bonchev–Trinajstić information content (AvgIpc) is 2.82. The highest BCUT2D eigenvalue weighted by atomic mass is 79.9. The van der Waals surface area contributed by atoms with E-state index in [1.54, 1.807) is 18.2 Å². The number of oxazole rings is 1. The first-order valence-corrected chi connectivity index (χ1v) is 6.37. The lowest BCUT2D eigenvalue weighted by Gasteiger charge is -2.00. The number of nitriles is 1. The SMILES string of the molecule is N#Cc1ccc2oc(Nc3ccc(Br)cc3)nc2c1. The van der Waals surface area contributed by atoms with Gasteiger partial charge in [0.2, 0.25) is 0 Å². The second-order valence-electron chi connectivity index (χ2n) is 3.95. The van der Waals surface area contributed by atoms with Gasteiger partial charge in [0.15, 0.2) is 5.58 Å². The number of halogens is 1. The number of hydrogen-bond donors (Lipinski definition) is 1. The Labute approximate surface area is 117 Å². The summed E-state index contributed by atoms with van der Waals surface area (Å²) >= 11 is 3.38. The van der Waals surface area contributed by atoms with Crippen molar-refractivity contribution < 1.29 is 4.42 Å². The van der Waals surface area contributed by atoms with Gasteiger partial charge in [-0.3, -0.25) is 0 Å². The molecule has 0 saturated heterocycles. The molecular formula is C14H8BrN3O. The van der Waals surface area contributed by atoms with E-state index in [4.69, 9.17) is 9.68 Å². The molecule has 0 atom stereocenters. The fourth-order valence-electron chi connectivity index (χ4n) is 1.71. The van der Waals surface area contributed by atoms with E-state index in [0.29, 0.717) is 22.7 Å². The third-order valence-corrected chi connectivity index (χ3v) is 3.14. The minimum absolute atomic E-state index is 0.410. The molecule has 0 spiro atoms. The van der Waals surface area contributed by atoms with Gasteiger partial charge < -0.3 is 9.73 Å². The number of rotatable bonds is 2. The third-order valence-electron chi connectivity index (χ3n) is 2.61. The van der Waals surface area contributed by atoms with Gasteiger partial charge in [-0.1, -0.05) is 15.9 Å². The van der Waals surface area contributed by atoms with Crippen LogP contribution in [0.25, 0.3) is 11.1 Å². The zero-order chi connectivity index (χ0) is 13.2. The molecule has 92 valence electrons. The maximum atomic E-state index is 8.84. The predicted octanol–water partition coefficient (Wildman–Crippen LogP) is 4.21. The molecule has 3 aromatic rings. The van der Waals surface area contributed by atoms with Crippen LogP contribution in [0.2, 0.25) is 0 Å². The van der Waals surface area contributed by atoms with Crippen LogP contribution < -0.4 is 5.32 Å². The van der Waals surface area contributed by atoms with E-state index in [1.807, 2.05) is 24.3 Å². The van der Waals surface area contributed by atoms with Crippen LogP contribution in [0.1, 0.15) is 5.56 Å². The Balaban J connectivity index is 1.93. The zero-order valence-corrected chi connectivity index (χ0v) is 11.3. The summed E-state index contributed by atoms with van der Waals surface area (Å²) in [4.78, 5) is 4.30. The number of nitrogens with one attached hydrogen (secondary N) is 1. The second-order valence-corrected chi connectivity index (χ2v) is 4.86. The summed E-state index contributed by atoms with van der Waals surface area (Å²) in [5.41, 5.74) is 2.77. The molecule has 0 fully saturated rings. The summed E-state index contributed by atoms with van der Waals surface area (Å²) in [6, 6.07) is 15.3. The van der Waals surface area contributed by atoms with E-state index in [-0.39, 0.29) is 0 Å². The van der Waals surface area contributed by atoms with Crippen molar-refractivity contribution in [1.29, 1.82) is 5.26 Å². The van der Waals surface area contributed by atoms with Crippen molar-refractivity contribution >= 4 is 38.7 Å². The largest absolute Gasteiger partial charge is 0.423 e. The van der Waals surface area contributed by atoms with Crippen molar-refractivity contribution in [2.75, 3.05) is 5.32 Å². The van der Waals surface area contributed by atoms with E-state index in [1.165, 1.54) is 0 Å². The van der Waals surface area contributed by atoms with Crippen LogP contribution in [-0.4, -0.2) is 4.98 Å². The Morgan fingerprint density at radius 2 is 1.95 bits per heavy atom. The van der Waals surface area contributed by atoms with Gasteiger partial charge in [0.1, 0.15) is 5.52 Å². The van der Waals surface area contributed by atoms with Crippen LogP contribution in [0.15, 0.2) is 51.4 Å². The number of anilines is 2. The highest BCUT2D eigenvalue weighted by Crippen LogP contribution is 2.23. The molecule has 19 heavy (non-hydrogen) atoms. The van der Waals surface area contributed by atoms with E-state index in [0.717, 1.165) is 10.2 Å². The van der Waals surface area contributed by atoms with Crippen LogP contribution in [0.4, 0.5) is 11.7 Å². The summed E-state index contributed by atoms with van der Waals surface area (Å²) in [6.07, 6.45) is 0. The van der Waals surface area contributed by atoms with Crippen molar-refractivity contribution in [3.63, 3.8) is 0 Å². The summed E-state index contributed by atoms with van der Waals surface area (Å²) in [5.74, 6) is 0. The van der Waals surface area contributed by atoms with Gasteiger partial charge in [0.05, 0.1) is 11.6 Å². The molecule has 4 nitrogen and oxygen atoms in total.